The highest BCUT2D eigenvalue weighted by Crippen LogP contribution is 2.25. The summed E-state index contributed by atoms with van der Waals surface area (Å²) in [6.45, 7) is 8.49. The number of amides is 1. The van der Waals surface area contributed by atoms with Gasteiger partial charge < -0.3 is 19.5 Å². The number of ether oxygens (including phenoxy) is 1. The van der Waals surface area contributed by atoms with Crippen LogP contribution >= 0.6 is 11.3 Å². The molecule has 0 radical (unpaired) electrons. The monoisotopic (exact) mass is 469 g/mol. The van der Waals surface area contributed by atoms with Gasteiger partial charge in [0.2, 0.25) is 5.91 Å². The number of pyridine rings is 1. The highest BCUT2D eigenvalue weighted by Gasteiger charge is 2.22. The van der Waals surface area contributed by atoms with Crippen LogP contribution in [0.15, 0.2) is 23.1 Å². The molecule has 3 aromatic rings. The third-order valence-corrected chi connectivity index (χ3v) is 6.98. The fourth-order valence-corrected chi connectivity index (χ4v) is 4.94. The van der Waals surface area contributed by atoms with E-state index in [1.54, 1.807) is 19.1 Å². The van der Waals surface area contributed by atoms with Gasteiger partial charge in [0.25, 0.3) is 5.56 Å². The van der Waals surface area contributed by atoms with E-state index in [4.69, 9.17) is 4.74 Å². The topological polar surface area (TPSA) is 108 Å². The van der Waals surface area contributed by atoms with Crippen molar-refractivity contribution >= 4 is 39.2 Å². The predicted octanol–water partition coefficient (Wildman–Crippen LogP) is 2.45. The third kappa shape index (κ3) is 4.90. The smallest absolute Gasteiger partial charge is 0.339 e. The van der Waals surface area contributed by atoms with Gasteiger partial charge in [0.15, 0.2) is 0 Å². The molecule has 0 saturated carbocycles. The van der Waals surface area contributed by atoms with E-state index >= 15 is 0 Å². The van der Waals surface area contributed by atoms with Gasteiger partial charge in [-0.05, 0) is 38.5 Å². The number of aromatic nitrogens is 3. The average molecular weight is 470 g/mol. The number of hydrogen-bond acceptors (Lipinski definition) is 8. The molecular formula is C23H27N5O4S. The highest BCUT2D eigenvalue weighted by molar-refractivity contribution is 7.18. The van der Waals surface area contributed by atoms with Crippen molar-refractivity contribution in [1.82, 2.24) is 19.9 Å². The Morgan fingerprint density at radius 3 is 2.61 bits per heavy atom. The minimum Gasteiger partial charge on any atom is -0.462 e. The van der Waals surface area contributed by atoms with Crippen LogP contribution in [0.5, 0.6) is 0 Å². The number of nitrogens with one attached hydrogen (secondary N) is 1. The van der Waals surface area contributed by atoms with Crippen LogP contribution in [0.25, 0.3) is 10.2 Å². The van der Waals surface area contributed by atoms with E-state index in [0.717, 1.165) is 21.1 Å². The summed E-state index contributed by atoms with van der Waals surface area (Å²) >= 11 is 1.51. The fourth-order valence-electron chi connectivity index (χ4n) is 3.89. The number of fused-ring (bicyclic) bond motifs is 1. The summed E-state index contributed by atoms with van der Waals surface area (Å²) in [7, 11) is 0. The lowest BCUT2D eigenvalue weighted by atomic mass is 10.2. The van der Waals surface area contributed by atoms with Gasteiger partial charge in [-0.1, -0.05) is 0 Å². The van der Waals surface area contributed by atoms with Gasteiger partial charge in [0, 0.05) is 50.1 Å². The van der Waals surface area contributed by atoms with Gasteiger partial charge in [-0.3, -0.25) is 9.59 Å². The minimum atomic E-state index is -0.383. The van der Waals surface area contributed by atoms with Crippen LogP contribution in [-0.4, -0.2) is 64.5 Å². The molecule has 1 fully saturated rings. The molecule has 0 unspecified atom stereocenters. The van der Waals surface area contributed by atoms with E-state index < -0.39 is 0 Å². The van der Waals surface area contributed by atoms with Crippen LogP contribution in [0.4, 0.5) is 5.82 Å². The molecule has 0 bridgehead atoms. The quantitative estimate of drug-likeness (QED) is 0.553. The van der Waals surface area contributed by atoms with Crippen molar-refractivity contribution in [3.8, 4) is 0 Å². The largest absolute Gasteiger partial charge is 0.462 e. The number of anilines is 1. The standard InChI is InChI=1S/C23H27N5O4S/c1-4-32-23(31)16-5-7-18(24-13-16)27-9-11-28(12-10-27)19(29)8-6-17-25-21(30)20-14(2)15(3)33-22(20)26-17/h5,7,13H,4,6,8-12H2,1-3H3,(H,25,26,30). The van der Waals surface area contributed by atoms with E-state index in [9.17, 15) is 14.4 Å². The Morgan fingerprint density at radius 2 is 1.94 bits per heavy atom. The van der Waals surface area contributed by atoms with Gasteiger partial charge in [-0.2, -0.15) is 0 Å². The molecule has 9 nitrogen and oxygen atoms in total. The number of esters is 1. The summed E-state index contributed by atoms with van der Waals surface area (Å²) in [5.41, 5.74) is 1.25. The number of nitrogens with zero attached hydrogens (tertiary/aromatic N) is 4. The molecular weight excluding hydrogens is 442 g/mol. The maximum atomic E-state index is 12.7. The molecule has 1 saturated heterocycles. The molecule has 33 heavy (non-hydrogen) atoms. The van der Waals surface area contributed by atoms with Crippen molar-refractivity contribution in [3.63, 3.8) is 0 Å². The van der Waals surface area contributed by atoms with Crippen LogP contribution in [0.2, 0.25) is 0 Å². The summed E-state index contributed by atoms with van der Waals surface area (Å²) < 4.78 is 4.98. The number of piperazine rings is 1. The second-order valence-electron chi connectivity index (χ2n) is 7.97. The molecule has 1 aliphatic heterocycles. The molecule has 0 spiro atoms. The Bertz CT molecular complexity index is 1230. The summed E-state index contributed by atoms with van der Waals surface area (Å²) in [6.07, 6.45) is 2.22. The normalized spacial score (nSPS) is 14.0. The van der Waals surface area contributed by atoms with E-state index in [0.29, 0.717) is 62.4 Å². The molecule has 0 aromatic carbocycles. The molecule has 10 heteroatoms. The Labute approximate surface area is 195 Å². The van der Waals surface area contributed by atoms with Gasteiger partial charge in [-0.15, -0.1) is 11.3 Å². The lowest BCUT2D eigenvalue weighted by Gasteiger charge is -2.35. The molecule has 4 rings (SSSR count). The Balaban J connectivity index is 1.31. The first kappa shape index (κ1) is 22.9. The SMILES string of the molecule is CCOC(=O)c1ccc(N2CCN(C(=O)CCc3nc4sc(C)c(C)c4c(=O)[nH]3)CC2)nc1. The molecule has 4 heterocycles. The molecule has 1 aliphatic rings. The van der Waals surface area contributed by atoms with Gasteiger partial charge >= 0.3 is 5.97 Å². The van der Waals surface area contributed by atoms with Crippen molar-refractivity contribution in [1.29, 1.82) is 0 Å². The zero-order valence-electron chi connectivity index (χ0n) is 19.0. The fraction of sp³-hybridized carbons (Fsp3) is 0.435. The molecule has 174 valence electrons. The first-order valence-corrected chi connectivity index (χ1v) is 11.8. The Hall–Kier alpha value is -3.27. The molecule has 0 aliphatic carbocycles. The van der Waals surface area contributed by atoms with E-state index in [1.165, 1.54) is 17.5 Å². The zero-order chi connectivity index (χ0) is 23.5. The van der Waals surface area contributed by atoms with Gasteiger partial charge in [0.05, 0.1) is 17.6 Å². The number of carbonyl (C=O) groups excluding carboxylic acids is 2. The first-order valence-electron chi connectivity index (χ1n) is 11.0. The highest BCUT2D eigenvalue weighted by atomic mass is 32.1. The van der Waals surface area contributed by atoms with E-state index in [-0.39, 0.29) is 17.4 Å². The lowest BCUT2D eigenvalue weighted by molar-refractivity contribution is -0.131. The number of carbonyl (C=O) groups is 2. The van der Waals surface area contributed by atoms with Crippen molar-refractivity contribution in [2.24, 2.45) is 0 Å². The average Bonchev–Trinajstić information content (AvgIpc) is 3.11. The van der Waals surface area contributed by atoms with E-state index in [2.05, 4.69) is 19.9 Å². The number of hydrogen-bond donors (Lipinski definition) is 1. The maximum Gasteiger partial charge on any atom is 0.339 e. The molecule has 0 atom stereocenters. The number of aryl methyl sites for hydroxylation is 3. The van der Waals surface area contributed by atoms with Gasteiger partial charge in [0.1, 0.15) is 16.5 Å². The number of thiophene rings is 1. The van der Waals surface area contributed by atoms with Crippen LogP contribution in [0, 0.1) is 13.8 Å². The van der Waals surface area contributed by atoms with E-state index in [1.807, 2.05) is 18.7 Å². The maximum absolute atomic E-state index is 12.7. The molecule has 3 aromatic heterocycles. The predicted molar refractivity (Wildman–Crippen MR) is 127 cm³/mol. The van der Waals surface area contributed by atoms with Crippen LogP contribution in [-0.2, 0) is 16.0 Å². The van der Waals surface area contributed by atoms with Crippen molar-refractivity contribution in [2.45, 2.75) is 33.6 Å². The van der Waals surface area contributed by atoms with Crippen LogP contribution in [0.3, 0.4) is 0 Å². The Morgan fingerprint density at radius 1 is 1.18 bits per heavy atom. The summed E-state index contributed by atoms with van der Waals surface area (Å²) in [5.74, 6) is 0.978. The zero-order valence-corrected chi connectivity index (χ0v) is 19.8. The summed E-state index contributed by atoms with van der Waals surface area (Å²) in [4.78, 5) is 54.4. The summed E-state index contributed by atoms with van der Waals surface area (Å²) in [6, 6.07) is 3.51. The lowest BCUT2D eigenvalue weighted by Crippen LogP contribution is -2.49. The van der Waals surface area contributed by atoms with Crippen molar-refractivity contribution in [2.75, 3.05) is 37.7 Å². The number of rotatable bonds is 6. The first-order chi connectivity index (χ1) is 15.9. The Kier molecular flexibility index (Phi) is 6.73. The minimum absolute atomic E-state index is 0.0431. The van der Waals surface area contributed by atoms with Crippen LogP contribution < -0.4 is 10.5 Å². The van der Waals surface area contributed by atoms with Crippen molar-refractivity contribution in [3.05, 3.63) is 50.5 Å². The number of H-pyrrole nitrogens is 1. The third-order valence-electron chi connectivity index (χ3n) is 5.88. The second-order valence-corrected chi connectivity index (χ2v) is 9.17. The van der Waals surface area contributed by atoms with Gasteiger partial charge in [-0.25, -0.2) is 14.8 Å². The van der Waals surface area contributed by atoms with Crippen LogP contribution in [0.1, 0.15) is 40.0 Å². The second kappa shape index (κ2) is 9.70. The molecule has 1 N–H and O–H groups in total. The molecule has 1 amide bonds. The summed E-state index contributed by atoms with van der Waals surface area (Å²) in [5, 5.41) is 0.646. The van der Waals surface area contributed by atoms with Crippen molar-refractivity contribution < 1.29 is 14.3 Å². The number of aromatic amines is 1.